The Kier molecular flexibility index (Phi) is 13.0. The van der Waals surface area contributed by atoms with Crippen molar-refractivity contribution in [3.05, 3.63) is 322 Å². The van der Waals surface area contributed by atoms with Crippen LogP contribution < -0.4 is 91.4 Å². The van der Waals surface area contributed by atoms with Crippen LogP contribution in [0.2, 0.25) is 0 Å². The normalized spacial score (nSPS) is 13.4. The van der Waals surface area contributed by atoms with Crippen molar-refractivity contribution in [2.75, 3.05) is 43.5 Å². The molecule has 0 spiro atoms. The standard InChI is InChI=1S/C90H59B3N6O3S2/c1-94-72-54-77-70(52-68(72)92-84-74(94)46-63(96(56-28-10-3-11-29-56)57-30-12-4-13-31-57)48-76(84)99(62-40-22-9-23-41-62)87-66-42-24-26-44-82(66)103-89(87)92)91-71-53-69-73(55-78(71)101-81-51-65(50-80(100-77)86(81)91)98(60-36-18-7-19-37-60)61-38-20-8-21-39-61)95(2)75-47-64(97(58-32-14-5-15-33-58)59-34-16-6-17-35-59)49-79-85(75)93(69)90-88(102-79)67-43-25-27-45-83(67)104-90/h3-55H,1-2H3. The molecule has 0 unspecified atom stereocenters. The van der Waals surface area contributed by atoms with Gasteiger partial charge in [-0.1, -0.05) is 170 Å². The van der Waals surface area contributed by atoms with Gasteiger partial charge in [0.1, 0.15) is 34.5 Å². The molecule has 0 saturated heterocycles. The van der Waals surface area contributed by atoms with Crippen LogP contribution in [0.3, 0.4) is 0 Å². The highest BCUT2D eigenvalue weighted by molar-refractivity contribution is 7.34. The summed E-state index contributed by atoms with van der Waals surface area (Å²) in [5.41, 5.74) is 25.0. The number of benzene rings is 14. The van der Waals surface area contributed by atoms with E-state index in [0.29, 0.717) is 0 Å². The number of ether oxygens (including phenoxy) is 3. The molecule has 0 atom stereocenters. The predicted molar refractivity (Wildman–Crippen MR) is 438 cm³/mol. The molecule has 0 amide bonds. The van der Waals surface area contributed by atoms with Crippen LogP contribution in [0.15, 0.2) is 322 Å². The van der Waals surface area contributed by atoms with E-state index in [1.54, 1.807) is 0 Å². The SMILES string of the molecule is CN1c2cc3c(cc2B2c4sc5ccccc5c4Oc4cc(N(c5ccccc5)c5ccccc5)cc1c42)B1c2cc4c(cc2Oc2cc(N(c5ccccc5)c5ccccc5)cc(c21)O3)N(C)c1cc(N(c2ccccc2)c2ccccc2)cc2c1B4c1sc3ccccc3c1N2c1ccccc1. The number of fused-ring (bicyclic) bond motifs is 16. The average molecular weight is 1370 g/mol. The van der Waals surface area contributed by atoms with Crippen molar-refractivity contribution in [3.63, 3.8) is 0 Å². The summed E-state index contributed by atoms with van der Waals surface area (Å²) in [5, 5.41) is 2.33. The van der Waals surface area contributed by atoms with Crippen LogP contribution >= 0.6 is 22.7 Å². The van der Waals surface area contributed by atoms with Crippen molar-refractivity contribution in [3.8, 4) is 34.5 Å². The largest absolute Gasteiger partial charge is 0.458 e. The number of hydrogen-bond donors (Lipinski definition) is 0. The Bertz CT molecular complexity index is 6060. The monoisotopic (exact) mass is 1370 g/mol. The van der Waals surface area contributed by atoms with Crippen LogP contribution in [0.5, 0.6) is 34.5 Å². The fraction of sp³-hybridized carbons (Fsp3) is 0.0222. The third kappa shape index (κ3) is 8.82. The Labute approximate surface area is 611 Å². The number of thiophene rings is 2. The molecule has 6 aliphatic heterocycles. The quantitative estimate of drug-likeness (QED) is 0.125. The zero-order chi connectivity index (χ0) is 68.4. The lowest BCUT2D eigenvalue weighted by Crippen LogP contribution is -2.64. The van der Waals surface area contributed by atoms with Gasteiger partial charge in [0.15, 0.2) is 0 Å². The van der Waals surface area contributed by atoms with Gasteiger partial charge in [-0.2, -0.15) is 0 Å². The molecule has 0 aliphatic carbocycles. The summed E-state index contributed by atoms with van der Waals surface area (Å²) in [6.07, 6.45) is 0. The van der Waals surface area contributed by atoms with E-state index in [0.717, 1.165) is 147 Å². The van der Waals surface area contributed by atoms with Crippen molar-refractivity contribution in [2.24, 2.45) is 0 Å². The first kappa shape index (κ1) is 59.1. The summed E-state index contributed by atoms with van der Waals surface area (Å²) in [4.78, 5) is 14.4. The van der Waals surface area contributed by atoms with E-state index >= 15 is 0 Å². The Morgan fingerprint density at radius 1 is 0.279 bits per heavy atom. The van der Waals surface area contributed by atoms with E-state index in [1.807, 2.05) is 22.7 Å². The van der Waals surface area contributed by atoms with Gasteiger partial charge in [0.25, 0.3) is 20.1 Å². The van der Waals surface area contributed by atoms with Crippen molar-refractivity contribution in [1.29, 1.82) is 0 Å². The molecule has 0 saturated carbocycles. The highest BCUT2D eigenvalue weighted by atomic mass is 32.1. The van der Waals surface area contributed by atoms with Crippen LogP contribution in [0.1, 0.15) is 0 Å². The minimum absolute atomic E-state index is 0.169. The Balaban J connectivity index is 0.791. The number of para-hydroxylation sites is 7. The third-order valence-corrected chi connectivity index (χ3v) is 24.3. The van der Waals surface area contributed by atoms with Crippen LogP contribution in [0, 0.1) is 0 Å². The maximum Gasteiger partial charge on any atom is 0.268 e. The van der Waals surface area contributed by atoms with Gasteiger partial charge in [-0.05, 0) is 154 Å². The van der Waals surface area contributed by atoms with E-state index in [9.17, 15) is 0 Å². The van der Waals surface area contributed by atoms with E-state index in [4.69, 9.17) is 14.2 Å². The van der Waals surface area contributed by atoms with Gasteiger partial charge in [0.05, 0.1) is 22.7 Å². The molecular weight excluding hydrogens is 1310 g/mol. The number of nitrogens with zero attached hydrogens (tertiary/aromatic N) is 6. The molecule has 14 aromatic carbocycles. The summed E-state index contributed by atoms with van der Waals surface area (Å²) < 4.78 is 27.8. The second-order valence-electron chi connectivity index (χ2n) is 27.5. The first-order valence-electron chi connectivity index (χ1n) is 35.4. The zero-order valence-corrected chi connectivity index (χ0v) is 58.2. The van der Waals surface area contributed by atoms with Gasteiger partial charge >= 0.3 is 0 Å². The Morgan fingerprint density at radius 3 is 1.12 bits per heavy atom. The first-order chi connectivity index (χ1) is 51.4. The van der Waals surface area contributed by atoms with Crippen molar-refractivity contribution in [1.82, 2.24) is 0 Å². The predicted octanol–water partition coefficient (Wildman–Crippen LogP) is 18.3. The highest BCUT2D eigenvalue weighted by Crippen LogP contribution is 2.52. The second-order valence-corrected chi connectivity index (χ2v) is 29.7. The van der Waals surface area contributed by atoms with Crippen LogP contribution in [0.4, 0.5) is 91.0 Å². The molecule has 16 aromatic rings. The molecular formula is C90H59B3N6O3S2. The van der Waals surface area contributed by atoms with E-state index in [1.165, 1.54) is 46.4 Å². The third-order valence-electron chi connectivity index (χ3n) is 21.9. The summed E-state index contributed by atoms with van der Waals surface area (Å²) in [6.45, 7) is -0.679. The Morgan fingerprint density at radius 2 is 0.644 bits per heavy atom. The first-order valence-corrected chi connectivity index (χ1v) is 37.0. The van der Waals surface area contributed by atoms with Gasteiger partial charge in [0.2, 0.25) is 0 Å². The number of anilines is 16. The maximum atomic E-state index is 7.72. The summed E-state index contributed by atoms with van der Waals surface area (Å²) in [7, 11) is 4.47. The van der Waals surface area contributed by atoms with Crippen LogP contribution in [0.25, 0.3) is 20.2 Å². The van der Waals surface area contributed by atoms with Gasteiger partial charge in [0, 0.05) is 148 Å². The summed E-state index contributed by atoms with van der Waals surface area (Å²) in [5.74, 6) is 4.85. The second kappa shape index (κ2) is 23.0. The van der Waals surface area contributed by atoms with Gasteiger partial charge in [-0.3, -0.25) is 0 Å². The molecule has 14 heteroatoms. The molecule has 8 heterocycles. The van der Waals surface area contributed by atoms with E-state index in [2.05, 4.69) is 365 Å². The molecule has 0 N–H and O–H groups in total. The molecule has 488 valence electrons. The van der Waals surface area contributed by atoms with Gasteiger partial charge < -0.3 is 43.6 Å². The Hall–Kier alpha value is -12.6. The summed E-state index contributed by atoms with van der Waals surface area (Å²) >= 11 is 3.75. The fourth-order valence-corrected chi connectivity index (χ4v) is 20.0. The van der Waals surface area contributed by atoms with E-state index in [-0.39, 0.29) is 20.1 Å². The van der Waals surface area contributed by atoms with Crippen LogP contribution in [-0.4, -0.2) is 34.2 Å². The van der Waals surface area contributed by atoms with Crippen molar-refractivity contribution >= 4 is 202 Å². The zero-order valence-electron chi connectivity index (χ0n) is 56.6. The molecule has 9 nitrogen and oxygen atoms in total. The van der Waals surface area contributed by atoms with Crippen LogP contribution in [-0.2, 0) is 0 Å². The molecule has 0 fully saturated rings. The maximum absolute atomic E-state index is 7.72. The smallest absolute Gasteiger partial charge is 0.268 e. The minimum atomic E-state index is -0.329. The molecule has 6 aliphatic rings. The highest BCUT2D eigenvalue weighted by Gasteiger charge is 2.50. The topological polar surface area (TPSA) is 47.1 Å². The summed E-state index contributed by atoms with van der Waals surface area (Å²) in [6, 6.07) is 117. The minimum Gasteiger partial charge on any atom is -0.458 e. The number of hydrogen-bond acceptors (Lipinski definition) is 11. The van der Waals surface area contributed by atoms with Crippen molar-refractivity contribution in [2.45, 2.75) is 0 Å². The van der Waals surface area contributed by atoms with Gasteiger partial charge in [-0.25, -0.2) is 0 Å². The number of rotatable bonds is 10. The van der Waals surface area contributed by atoms with Gasteiger partial charge in [-0.15, -0.1) is 22.7 Å². The molecule has 2 aromatic heterocycles. The average Bonchev–Trinajstić information content (AvgIpc) is 1.18. The van der Waals surface area contributed by atoms with E-state index < -0.39 is 0 Å². The molecule has 0 radical (unpaired) electrons. The lowest BCUT2D eigenvalue weighted by Gasteiger charge is -2.44. The molecule has 104 heavy (non-hydrogen) atoms. The lowest BCUT2D eigenvalue weighted by atomic mass is 9.31. The lowest BCUT2D eigenvalue weighted by molar-refractivity contribution is 0.465. The molecule has 22 rings (SSSR count). The molecule has 0 bridgehead atoms. The fourth-order valence-electron chi connectivity index (χ4n) is 17.4. The van der Waals surface area contributed by atoms with Crippen molar-refractivity contribution < 1.29 is 14.2 Å².